The Kier molecular flexibility index (Phi) is 6.08. The van der Waals surface area contributed by atoms with Crippen LogP contribution in [0.1, 0.15) is 51.5 Å². The highest BCUT2D eigenvalue weighted by Gasteiger charge is 2.51. The van der Waals surface area contributed by atoms with Crippen LogP contribution < -0.4 is 5.32 Å². The number of amides is 4. The number of halogens is 1. The third kappa shape index (κ3) is 3.65. The molecule has 0 aromatic heterocycles. The molecule has 7 heteroatoms. The number of hydrogen-bond donors (Lipinski definition) is 1. The predicted octanol–water partition coefficient (Wildman–Crippen LogP) is 3.80. The van der Waals surface area contributed by atoms with E-state index in [1.54, 1.807) is 29.2 Å². The van der Waals surface area contributed by atoms with Crippen LogP contribution in [-0.2, 0) is 15.1 Å². The SMILES string of the molecule is CCN(C(=O)CN1C(=O)NC(CC)(c2ccc(Cl)cc2)C1=O)C1=CCCCC1. The number of nitrogens with zero attached hydrogens (tertiary/aromatic N) is 2. The lowest BCUT2D eigenvalue weighted by Crippen LogP contribution is -2.45. The van der Waals surface area contributed by atoms with Gasteiger partial charge in [0.15, 0.2) is 0 Å². The second kappa shape index (κ2) is 8.35. The summed E-state index contributed by atoms with van der Waals surface area (Å²) in [7, 11) is 0. The molecule has 1 saturated heterocycles. The van der Waals surface area contributed by atoms with Gasteiger partial charge in [0.05, 0.1) is 0 Å². The van der Waals surface area contributed by atoms with Gasteiger partial charge in [-0.2, -0.15) is 0 Å². The topological polar surface area (TPSA) is 69.7 Å². The first-order valence-electron chi connectivity index (χ1n) is 9.82. The summed E-state index contributed by atoms with van der Waals surface area (Å²) in [6.45, 7) is 4.00. The highest BCUT2D eigenvalue weighted by atomic mass is 35.5. The minimum absolute atomic E-state index is 0.234. The van der Waals surface area contributed by atoms with E-state index in [1.165, 1.54) is 0 Å². The smallest absolute Gasteiger partial charge is 0.319 e. The fourth-order valence-corrected chi connectivity index (χ4v) is 4.10. The van der Waals surface area contributed by atoms with Crippen LogP contribution >= 0.6 is 11.6 Å². The van der Waals surface area contributed by atoms with Crippen molar-refractivity contribution < 1.29 is 14.4 Å². The van der Waals surface area contributed by atoms with Crippen LogP contribution in [0.2, 0.25) is 5.02 Å². The number of allylic oxidation sites excluding steroid dienone is 2. The minimum Gasteiger partial charge on any atom is -0.319 e. The van der Waals surface area contributed by atoms with Crippen molar-refractivity contribution in [2.24, 2.45) is 0 Å². The molecule has 1 N–H and O–H groups in total. The zero-order chi connectivity index (χ0) is 20.3. The first-order valence-corrected chi connectivity index (χ1v) is 10.2. The van der Waals surface area contributed by atoms with Crippen LogP contribution in [0.25, 0.3) is 0 Å². The Morgan fingerprint density at radius 3 is 2.50 bits per heavy atom. The maximum absolute atomic E-state index is 13.2. The molecule has 6 nitrogen and oxygen atoms in total. The highest BCUT2D eigenvalue weighted by Crippen LogP contribution is 2.33. The van der Waals surface area contributed by atoms with Crippen LogP contribution in [-0.4, -0.2) is 40.7 Å². The number of urea groups is 1. The van der Waals surface area contributed by atoms with E-state index in [4.69, 9.17) is 11.6 Å². The third-order valence-corrected chi connectivity index (χ3v) is 5.82. The van der Waals surface area contributed by atoms with Gasteiger partial charge in [0.25, 0.3) is 5.91 Å². The molecule has 150 valence electrons. The van der Waals surface area contributed by atoms with E-state index >= 15 is 0 Å². The summed E-state index contributed by atoms with van der Waals surface area (Å²) in [6, 6.07) is 6.32. The summed E-state index contributed by atoms with van der Waals surface area (Å²) in [5.74, 6) is -0.633. The maximum atomic E-state index is 13.2. The zero-order valence-electron chi connectivity index (χ0n) is 16.3. The predicted molar refractivity (Wildman–Crippen MR) is 108 cm³/mol. The quantitative estimate of drug-likeness (QED) is 0.734. The Morgan fingerprint density at radius 2 is 1.93 bits per heavy atom. The first kappa shape index (κ1) is 20.4. The van der Waals surface area contributed by atoms with Crippen LogP contribution in [0.3, 0.4) is 0 Å². The summed E-state index contributed by atoms with van der Waals surface area (Å²) >= 11 is 5.96. The molecule has 28 heavy (non-hydrogen) atoms. The van der Waals surface area contributed by atoms with Gasteiger partial charge in [-0.3, -0.25) is 14.5 Å². The van der Waals surface area contributed by atoms with E-state index in [1.807, 2.05) is 13.8 Å². The minimum atomic E-state index is -1.16. The highest BCUT2D eigenvalue weighted by molar-refractivity contribution is 6.30. The van der Waals surface area contributed by atoms with E-state index < -0.39 is 17.5 Å². The van der Waals surface area contributed by atoms with Crippen LogP contribution in [0.4, 0.5) is 4.79 Å². The van der Waals surface area contributed by atoms with Gasteiger partial charge in [-0.05, 0) is 56.7 Å². The number of carbonyl (C=O) groups excluding carboxylic acids is 3. The molecular formula is C21H26ClN3O3. The Bertz CT molecular complexity index is 806. The van der Waals surface area contributed by atoms with Gasteiger partial charge >= 0.3 is 6.03 Å². The van der Waals surface area contributed by atoms with Gasteiger partial charge in [-0.1, -0.05) is 36.7 Å². The molecule has 0 bridgehead atoms. The van der Waals surface area contributed by atoms with Gasteiger partial charge in [0.1, 0.15) is 12.1 Å². The van der Waals surface area contributed by atoms with Crippen LogP contribution in [0.5, 0.6) is 0 Å². The third-order valence-electron chi connectivity index (χ3n) is 5.57. The number of benzene rings is 1. The summed E-state index contributed by atoms with van der Waals surface area (Å²) in [6.07, 6.45) is 6.45. The van der Waals surface area contributed by atoms with Crippen molar-refractivity contribution >= 4 is 29.4 Å². The van der Waals surface area contributed by atoms with E-state index in [9.17, 15) is 14.4 Å². The van der Waals surface area contributed by atoms with E-state index in [0.717, 1.165) is 36.3 Å². The van der Waals surface area contributed by atoms with Gasteiger partial charge in [-0.15, -0.1) is 0 Å². The lowest BCUT2D eigenvalue weighted by molar-refractivity contribution is -0.138. The Balaban J connectivity index is 1.81. The standard InChI is InChI=1S/C21H26ClN3O3/c1-3-21(15-10-12-16(22)13-11-15)19(27)25(20(28)23-21)14-18(26)24(4-2)17-8-6-5-7-9-17/h8,10-13H,3-7,9,14H2,1-2H3,(H,23,28). The lowest BCUT2D eigenvalue weighted by Gasteiger charge is -2.28. The van der Waals surface area contributed by atoms with Crippen molar-refractivity contribution in [2.75, 3.05) is 13.1 Å². The van der Waals surface area contributed by atoms with Crippen molar-refractivity contribution in [1.29, 1.82) is 0 Å². The Hall–Kier alpha value is -2.34. The molecule has 0 radical (unpaired) electrons. The molecule has 1 unspecified atom stereocenters. The van der Waals surface area contributed by atoms with E-state index in [0.29, 0.717) is 23.6 Å². The average Bonchev–Trinajstić information content (AvgIpc) is 2.95. The number of hydrogen-bond acceptors (Lipinski definition) is 3. The Morgan fingerprint density at radius 1 is 1.21 bits per heavy atom. The molecule has 1 heterocycles. The molecule has 4 amide bonds. The summed E-state index contributed by atoms with van der Waals surface area (Å²) in [4.78, 5) is 41.4. The summed E-state index contributed by atoms with van der Waals surface area (Å²) in [5, 5.41) is 3.36. The molecule has 1 aliphatic heterocycles. The maximum Gasteiger partial charge on any atom is 0.325 e. The first-order chi connectivity index (χ1) is 13.4. The molecular weight excluding hydrogens is 378 g/mol. The van der Waals surface area contributed by atoms with Crippen molar-refractivity contribution in [3.8, 4) is 0 Å². The van der Waals surface area contributed by atoms with Crippen molar-refractivity contribution in [3.05, 3.63) is 46.6 Å². The number of carbonyl (C=O) groups is 3. The summed E-state index contributed by atoms with van der Waals surface area (Å²) in [5.41, 5.74) is 0.489. The number of likely N-dealkylation sites (N-methyl/N-ethyl adjacent to an activating group) is 1. The number of rotatable bonds is 6. The Labute approximate surface area is 170 Å². The van der Waals surface area contributed by atoms with E-state index in [2.05, 4.69) is 11.4 Å². The second-order valence-corrected chi connectivity index (χ2v) is 7.60. The molecule has 1 atom stereocenters. The number of imide groups is 1. The molecule has 1 aromatic rings. The molecule has 3 rings (SSSR count). The fourth-order valence-electron chi connectivity index (χ4n) is 3.97. The van der Waals surface area contributed by atoms with Gasteiger partial charge in [0, 0.05) is 17.3 Å². The zero-order valence-corrected chi connectivity index (χ0v) is 17.1. The fraction of sp³-hybridized carbons (Fsp3) is 0.476. The monoisotopic (exact) mass is 403 g/mol. The van der Waals surface area contributed by atoms with Gasteiger partial charge in [0.2, 0.25) is 5.91 Å². The molecule has 1 aliphatic carbocycles. The van der Waals surface area contributed by atoms with Gasteiger partial charge < -0.3 is 10.2 Å². The molecule has 2 aliphatic rings. The largest absolute Gasteiger partial charge is 0.325 e. The molecule has 0 spiro atoms. The van der Waals surface area contributed by atoms with E-state index in [-0.39, 0.29) is 12.5 Å². The van der Waals surface area contributed by atoms with Crippen molar-refractivity contribution in [1.82, 2.24) is 15.1 Å². The van der Waals surface area contributed by atoms with Gasteiger partial charge in [-0.25, -0.2) is 4.79 Å². The van der Waals surface area contributed by atoms with Crippen molar-refractivity contribution in [3.63, 3.8) is 0 Å². The average molecular weight is 404 g/mol. The second-order valence-electron chi connectivity index (χ2n) is 7.17. The van der Waals surface area contributed by atoms with Crippen LogP contribution in [0, 0.1) is 0 Å². The summed E-state index contributed by atoms with van der Waals surface area (Å²) < 4.78 is 0. The van der Waals surface area contributed by atoms with Crippen molar-refractivity contribution in [2.45, 2.75) is 51.5 Å². The molecule has 1 aromatic carbocycles. The molecule has 0 saturated carbocycles. The molecule has 1 fully saturated rings. The normalized spacial score (nSPS) is 22.1. The lowest BCUT2D eigenvalue weighted by atomic mass is 9.87. The van der Waals surface area contributed by atoms with Crippen LogP contribution in [0.15, 0.2) is 36.0 Å². The number of nitrogens with one attached hydrogen (secondary N) is 1.